The summed E-state index contributed by atoms with van der Waals surface area (Å²) in [5.41, 5.74) is 0. The summed E-state index contributed by atoms with van der Waals surface area (Å²) in [4.78, 5) is 9.93. The lowest BCUT2D eigenvalue weighted by Crippen LogP contribution is -2.12. The van der Waals surface area contributed by atoms with E-state index in [9.17, 15) is 0 Å². The van der Waals surface area contributed by atoms with Gasteiger partial charge in [-0.1, -0.05) is 11.6 Å². The smallest absolute Gasteiger partial charge is 0.147 e. The molecular formula is C7H9Cl2N3. The van der Waals surface area contributed by atoms with Crippen LogP contribution < -0.4 is 4.90 Å². The standard InChI is InChI=1S/C7H9Cl2N3/c1-12(2)7-3-5(9)10-6(4-8)11-7/h3H,4H2,1-2H3. The molecule has 0 atom stereocenters. The molecule has 1 rings (SSSR count). The first-order valence-corrected chi connectivity index (χ1v) is 4.31. The Bertz CT molecular complexity index is 275. The summed E-state index contributed by atoms with van der Waals surface area (Å²) >= 11 is 11.3. The highest BCUT2D eigenvalue weighted by Gasteiger charge is 2.02. The molecule has 0 aliphatic carbocycles. The minimum atomic E-state index is 0.279. The Labute approximate surface area is 81.3 Å². The zero-order chi connectivity index (χ0) is 9.14. The molecule has 1 heterocycles. The minimum Gasteiger partial charge on any atom is -0.363 e. The van der Waals surface area contributed by atoms with Gasteiger partial charge < -0.3 is 4.90 Å². The Balaban J connectivity index is 3.06. The molecule has 0 spiro atoms. The van der Waals surface area contributed by atoms with Crippen molar-refractivity contribution in [1.82, 2.24) is 9.97 Å². The summed E-state index contributed by atoms with van der Waals surface area (Å²) in [5, 5.41) is 0.421. The van der Waals surface area contributed by atoms with Crippen molar-refractivity contribution in [3.8, 4) is 0 Å². The molecule has 1 aromatic heterocycles. The van der Waals surface area contributed by atoms with Gasteiger partial charge in [-0.15, -0.1) is 11.6 Å². The second-order valence-corrected chi connectivity index (χ2v) is 3.15. The van der Waals surface area contributed by atoms with E-state index in [1.807, 2.05) is 19.0 Å². The van der Waals surface area contributed by atoms with Crippen molar-refractivity contribution in [2.24, 2.45) is 0 Å². The molecule has 12 heavy (non-hydrogen) atoms. The van der Waals surface area contributed by atoms with Crippen molar-refractivity contribution in [3.05, 3.63) is 17.0 Å². The average molecular weight is 206 g/mol. The average Bonchev–Trinajstić information content (AvgIpc) is 2.03. The predicted molar refractivity (Wildman–Crippen MR) is 50.9 cm³/mol. The van der Waals surface area contributed by atoms with Crippen molar-refractivity contribution in [2.75, 3.05) is 19.0 Å². The van der Waals surface area contributed by atoms with Crippen molar-refractivity contribution in [2.45, 2.75) is 5.88 Å². The van der Waals surface area contributed by atoms with E-state index in [0.717, 1.165) is 5.82 Å². The van der Waals surface area contributed by atoms with Crippen LogP contribution in [0.1, 0.15) is 5.82 Å². The lowest BCUT2D eigenvalue weighted by Gasteiger charge is -2.11. The number of hydrogen-bond donors (Lipinski definition) is 0. The molecule has 0 aliphatic rings. The van der Waals surface area contributed by atoms with Crippen LogP contribution in [0.4, 0.5) is 5.82 Å². The lowest BCUT2D eigenvalue weighted by atomic mass is 10.5. The number of anilines is 1. The molecule has 1 aromatic rings. The maximum absolute atomic E-state index is 5.74. The van der Waals surface area contributed by atoms with Gasteiger partial charge in [0, 0.05) is 20.2 Å². The Morgan fingerprint density at radius 2 is 2.08 bits per heavy atom. The van der Waals surface area contributed by atoms with Crippen LogP contribution in [-0.2, 0) is 5.88 Å². The van der Waals surface area contributed by atoms with Gasteiger partial charge in [-0.2, -0.15) is 0 Å². The maximum Gasteiger partial charge on any atom is 0.147 e. The van der Waals surface area contributed by atoms with Gasteiger partial charge in [0.25, 0.3) is 0 Å². The van der Waals surface area contributed by atoms with Crippen LogP contribution in [0.15, 0.2) is 6.07 Å². The van der Waals surface area contributed by atoms with Gasteiger partial charge in [0.15, 0.2) is 0 Å². The van der Waals surface area contributed by atoms with E-state index < -0.39 is 0 Å². The molecule has 0 fully saturated rings. The second kappa shape index (κ2) is 3.92. The molecule has 5 heteroatoms. The number of nitrogens with zero attached hydrogens (tertiary/aromatic N) is 3. The van der Waals surface area contributed by atoms with Gasteiger partial charge in [0.05, 0.1) is 5.88 Å². The van der Waals surface area contributed by atoms with E-state index in [1.54, 1.807) is 6.07 Å². The first-order valence-electron chi connectivity index (χ1n) is 3.40. The van der Waals surface area contributed by atoms with Gasteiger partial charge in [0.1, 0.15) is 16.8 Å². The third-order valence-corrected chi connectivity index (χ3v) is 1.74. The van der Waals surface area contributed by atoms with Crippen LogP contribution in [0.25, 0.3) is 0 Å². The first kappa shape index (κ1) is 9.55. The van der Waals surface area contributed by atoms with Crippen LogP contribution in [-0.4, -0.2) is 24.1 Å². The van der Waals surface area contributed by atoms with Crippen molar-refractivity contribution in [1.29, 1.82) is 0 Å². The first-order chi connectivity index (χ1) is 5.63. The predicted octanol–water partition coefficient (Wildman–Crippen LogP) is 1.93. The molecule has 3 nitrogen and oxygen atoms in total. The molecule has 0 N–H and O–H groups in total. The van der Waals surface area contributed by atoms with E-state index in [2.05, 4.69) is 9.97 Å². The van der Waals surface area contributed by atoms with Crippen LogP contribution in [0.3, 0.4) is 0 Å². The molecule has 0 bridgehead atoms. The SMILES string of the molecule is CN(C)c1cc(Cl)nc(CCl)n1. The monoisotopic (exact) mass is 205 g/mol. The topological polar surface area (TPSA) is 29.0 Å². The fourth-order valence-corrected chi connectivity index (χ4v) is 1.06. The summed E-state index contributed by atoms with van der Waals surface area (Å²) in [6.45, 7) is 0. The molecule has 0 radical (unpaired) electrons. The quantitative estimate of drug-likeness (QED) is 0.546. The number of rotatable bonds is 2. The van der Waals surface area contributed by atoms with E-state index >= 15 is 0 Å². The molecule has 0 aromatic carbocycles. The molecule has 66 valence electrons. The largest absolute Gasteiger partial charge is 0.363 e. The van der Waals surface area contributed by atoms with Gasteiger partial charge in [-0.05, 0) is 0 Å². The Hall–Kier alpha value is -0.540. The molecule has 0 unspecified atom stereocenters. The summed E-state index contributed by atoms with van der Waals surface area (Å²) in [6.07, 6.45) is 0. The van der Waals surface area contributed by atoms with Gasteiger partial charge in [-0.25, -0.2) is 9.97 Å². The van der Waals surface area contributed by atoms with Crippen LogP contribution >= 0.6 is 23.2 Å². The third-order valence-electron chi connectivity index (χ3n) is 1.31. The van der Waals surface area contributed by atoms with E-state index in [4.69, 9.17) is 23.2 Å². The second-order valence-electron chi connectivity index (χ2n) is 2.49. The summed E-state index contributed by atoms with van der Waals surface area (Å²) in [7, 11) is 3.77. The Morgan fingerprint density at radius 1 is 1.42 bits per heavy atom. The fourth-order valence-electron chi connectivity index (χ4n) is 0.740. The summed E-state index contributed by atoms with van der Waals surface area (Å²) in [6, 6.07) is 1.69. The molecule has 0 amide bonds. The van der Waals surface area contributed by atoms with Gasteiger partial charge >= 0.3 is 0 Å². The third kappa shape index (κ3) is 2.22. The van der Waals surface area contributed by atoms with Crippen LogP contribution in [0.2, 0.25) is 5.15 Å². The normalized spacial score (nSPS) is 10.0. The van der Waals surface area contributed by atoms with Gasteiger partial charge in [-0.3, -0.25) is 0 Å². The van der Waals surface area contributed by atoms with E-state index in [0.29, 0.717) is 11.0 Å². The number of aromatic nitrogens is 2. The fraction of sp³-hybridized carbons (Fsp3) is 0.429. The Kier molecular flexibility index (Phi) is 3.12. The van der Waals surface area contributed by atoms with Gasteiger partial charge in [0.2, 0.25) is 0 Å². The molecule has 0 saturated carbocycles. The van der Waals surface area contributed by atoms with Crippen molar-refractivity contribution < 1.29 is 0 Å². The highest BCUT2D eigenvalue weighted by Crippen LogP contribution is 2.14. The maximum atomic E-state index is 5.74. The molecule has 0 saturated heterocycles. The highest BCUT2D eigenvalue weighted by atomic mass is 35.5. The molecular weight excluding hydrogens is 197 g/mol. The van der Waals surface area contributed by atoms with Crippen molar-refractivity contribution >= 4 is 29.0 Å². The lowest BCUT2D eigenvalue weighted by molar-refractivity contribution is 0.976. The van der Waals surface area contributed by atoms with E-state index in [1.165, 1.54) is 0 Å². The summed E-state index contributed by atoms with van der Waals surface area (Å²) < 4.78 is 0. The highest BCUT2D eigenvalue weighted by molar-refractivity contribution is 6.29. The zero-order valence-corrected chi connectivity index (χ0v) is 8.39. The van der Waals surface area contributed by atoms with Crippen molar-refractivity contribution in [3.63, 3.8) is 0 Å². The number of halogens is 2. The molecule has 0 aliphatic heterocycles. The van der Waals surface area contributed by atoms with E-state index in [-0.39, 0.29) is 5.88 Å². The number of hydrogen-bond acceptors (Lipinski definition) is 3. The minimum absolute atomic E-state index is 0.279. The Morgan fingerprint density at radius 3 is 2.58 bits per heavy atom. The zero-order valence-electron chi connectivity index (χ0n) is 6.88. The van der Waals surface area contributed by atoms with Crippen LogP contribution in [0.5, 0.6) is 0 Å². The summed E-state index contributed by atoms with van der Waals surface area (Å²) in [5.74, 6) is 1.60. The number of alkyl halides is 1. The van der Waals surface area contributed by atoms with Crippen LogP contribution in [0, 0.1) is 0 Å².